The van der Waals surface area contributed by atoms with Crippen LogP contribution in [-0.4, -0.2) is 16.5 Å². The van der Waals surface area contributed by atoms with Gasteiger partial charge >= 0.3 is 0 Å². The van der Waals surface area contributed by atoms with Gasteiger partial charge in [-0.2, -0.15) is 5.26 Å². The maximum absolute atomic E-state index is 9.42. The van der Waals surface area contributed by atoms with Crippen LogP contribution in [0, 0.1) is 25.2 Å². The molecule has 0 spiro atoms. The minimum Gasteiger partial charge on any atom is -0.496 e. The summed E-state index contributed by atoms with van der Waals surface area (Å²) in [6.45, 7) is 5.96. The Kier molecular flexibility index (Phi) is 3.79. The molecule has 0 fully saturated rings. The number of imidazole rings is 1. The highest BCUT2D eigenvalue weighted by Crippen LogP contribution is 2.32. The van der Waals surface area contributed by atoms with Gasteiger partial charge in [0.25, 0.3) is 0 Å². The summed E-state index contributed by atoms with van der Waals surface area (Å²) in [7, 11) is 1.67. The number of hydrogen-bond acceptors (Lipinski definition) is 3. The number of pyridine rings is 1. The van der Waals surface area contributed by atoms with Gasteiger partial charge in [0.15, 0.2) is 0 Å². The summed E-state index contributed by atoms with van der Waals surface area (Å²) in [5.74, 6) is 0.605. The Labute approximate surface area is 136 Å². The Morgan fingerprint density at radius 2 is 2.00 bits per heavy atom. The Hall–Kier alpha value is -2.80. The molecular weight excluding hydrogens is 286 g/mol. The van der Waals surface area contributed by atoms with E-state index in [4.69, 9.17) is 9.72 Å². The zero-order valence-electron chi connectivity index (χ0n) is 13.8. The summed E-state index contributed by atoms with van der Waals surface area (Å²) in [6, 6.07) is 12.4. The van der Waals surface area contributed by atoms with Crippen molar-refractivity contribution in [3.63, 3.8) is 0 Å². The van der Waals surface area contributed by atoms with Crippen LogP contribution in [0.5, 0.6) is 5.75 Å². The molecule has 2 heterocycles. The first-order chi connectivity index (χ1) is 11.0. The van der Waals surface area contributed by atoms with Crippen molar-refractivity contribution in [2.75, 3.05) is 7.11 Å². The largest absolute Gasteiger partial charge is 0.496 e. The number of nitriles is 1. The predicted molar refractivity (Wildman–Crippen MR) is 90.7 cm³/mol. The van der Waals surface area contributed by atoms with Crippen molar-refractivity contribution < 1.29 is 4.74 Å². The highest BCUT2D eigenvalue weighted by atomic mass is 16.5. The van der Waals surface area contributed by atoms with Gasteiger partial charge in [0.2, 0.25) is 0 Å². The van der Waals surface area contributed by atoms with Crippen molar-refractivity contribution >= 4 is 5.65 Å². The van der Waals surface area contributed by atoms with E-state index < -0.39 is 0 Å². The lowest BCUT2D eigenvalue weighted by Gasteiger charge is -2.09. The lowest BCUT2D eigenvalue weighted by Crippen LogP contribution is -1.99. The molecular formula is C19H19N3O. The van der Waals surface area contributed by atoms with Gasteiger partial charge in [-0.3, -0.25) is 0 Å². The number of aryl methyl sites for hydroxylation is 2. The van der Waals surface area contributed by atoms with E-state index in [0.29, 0.717) is 0 Å². The van der Waals surface area contributed by atoms with E-state index in [9.17, 15) is 5.26 Å². The normalized spacial score (nSPS) is 12.1. The molecule has 0 saturated heterocycles. The van der Waals surface area contributed by atoms with Crippen molar-refractivity contribution in [3.8, 4) is 23.1 Å². The molecule has 4 heteroatoms. The van der Waals surface area contributed by atoms with Crippen LogP contribution in [0.2, 0.25) is 0 Å². The molecule has 1 unspecified atom stereocenters. The van der Waals surface area contributed by atoms with E-state index in [1.165, 1.54) is 0 Å². The quantitative estimate of drug-likeness (QED) is 0.726. The second-order valence-corrected chi connectivity index (χ2v) is 5.81. The summed E-state index contributed by atoms with van der Waals surface area (Å²) in [6.07, 6.45) is 1.99. The average molecular weight is 305 g/mol. The fraction of sp³-hybridized carbons (Fsp3) is 0.263. The van der Waals surface area contributed by atoms with Gasteiger partial charge < -0.3 is 9.14 Å². The molecule has 0 saturated carbocycles. The van der Waals surface area contributed by atoms with Crippen LogP contribution < -0.4 is 4.74 Å². The molecule has 0 aliphatic heterocycles. The third-order valence-electron chi connectivity index (χ3n) is 4.09. The first-order valence-electron chi connectivity index (χ1n) is 7.58. The first-order valence-corrected chi connectivity index (χ1v) is 7.58. The fourth-order valence-corrected chi connectivity index (χ4v) is 2.88. The Morgan fingerprint density at radius 3 is 2.65 bits per heavy atom. The smallest absolute Gasteiger partial charge is 0.137 e. The average Bonchev–Trinajstić information content (AvgIpc) is 2.92. The molecule has 3 rings (SSSR count). The number of fused-ring (bicyclic) bond motifs is 1. The van der Waals surface area contributed by atoms with Gasteiger partial charge in [-0.05, 0) is 62.2 Å². The first kappa shape index (κ1) is 15.1. The lowest BCUT2D eigenvalue weighted by atomic mass is 10.0. The number of benzene rings is 1. The molecule has 0 bridgehead atoms. The van der Waals surface area contributed by atoms with E-state index in [0.717, 1.165) is 39.5 Å². The molecule has 1 aromatic carbocycles. The summed E-state index contributed by atoms with van der Waals surface area (Å²) >= 11 is 0. The summed E-state index contributed by atoms with van der Waals surface area (Å²) in [5.41, 5.74) is 5.85. The molecule has 0 amide bonds. The van der Waals surface area contributed by atoms with Crippen LogP contribution in [0.3, 0.4) is 0 Å². The van der Waals surface area contributed by atoms with E-state index in [1.807, 2.05) is 55.6 Å². The lowest BCUT2D eigenvalue weighted by molar-refractivity contribution is 0.412. The number of aromatic nitrogens is 2. The Bertz CT molecular complexity index is 918. The van der Waals surface area contributed by atoms with Crippen LogP contribution in [0.1, 0.15) is 29.7 Å². The van der Waals surface area contributed by atoms with E-state index in [1.54, 1.807) is 7.11 Å². The second kappa shape index (κ2) is 5.77. The van der Waals surface area contributed by atoms with Gasteiger partial charge in [0, 0.05) is 11.8 Å². The van der Waals surface area contributed by atoms with Crippen LogP contribution in [-0.2, 0) is 0 Å². The van der Waals surface area contributed by atoms with Crippen molar-refractivity contribution in [2.24, 2.45) is 0 Å². The molecule has 0 aliphatic rings. The number of nitrogens with zero attached hydrogens (tertiary/aromatic N) is 3. The molecule has 3 aromatic rings. The summed E-state index contributed by atoms with van der Waals surface area (Å²) in [5, 5.41) is 9.42. The molecule has 0 radical (unpaired) electrons. The van der Waals surface area contributed by atoms with Gasteiger partial charge in [-0.15, -0.1) is 0 Å². The number of methoxy groups -OCH3 is 1. The third-order valence-corrected chi connectivity index (χ3v) is 4.09. The maximum atomic E-state index is 9.42. The topological polar surface area (TPSA) is 50.3 Å². The molecule has 116 valence electrons. The van der Waals surface area contributed by atoms with Crippen molar-refractivity contribution in [1.29, 1.82) is 5.26 Å². The van der Waals surface area contributed by atoms with Crippen LogP contribution in [0.15, 0.2) is 36.5 Å². The van der Waals surface area contributed by atoms with Crippen molar-refractivity contribution in [1.82, 2.24) is 9.38 Å². The third kappa shape index (κ3) is 2.55. The molecule has 1 atom stereocenters. The van der Waals surface area contributed by atoms with Crippen molar-refractivity contribution in [3.05, 3.63) is 53.3 Å². The number of hydrogen-bond donors (Lipinski definition) is 0. The van der Waals surface area contributed by atoms with Gasteiger partial charge in [-0.25, -0.2) is 4.98 Å². The minimum absolute atomic E-state index is 0.245. The molecule has 0 N–H and O–H groups in total. The molecule has 23 heavy (non-hydrogen) atoms. The number of ether oxygens (including phenoxy) is 1. The van der Waals surface area contributed by atoms with Crippen molar-refractivity contribution in [2.45, 2.75) is 26.7 Å². The Balaban J connectivity index is 2.28. The fourth-order valence-electron chi connectivity index (χ4n) is 2.88. The van der Waals surface area contributed by atoms with E-state index in [2.05, 4.69) is 12.1 Å². The molecule has 4 nitrogen and oxygen atoms in total. The summed E-state index contributed by atoms with van der Waals surface area (Å²) in [4.78, 5) is 4.78. The van der Waals surface area contributed by atoms with Crippen LogP contribution >= 0.6 is 0 Å². The van der Waals surface area contributed by atoms with Gasteiger partial charge in [-0.1, -0.05) is 0 Å². The maximum Gasteiger partial charge on any atom is 0.137 e. The van der Waals surface area contributed by atoms with Crippen LogP contribution in [0.4, 0.5) is 0 Å². The minimum atomic E-state index is -0.245. The van der Waals surface area contributed by atoms with Gasteiger partial charge in [0.1, 0.15) is 11.4 Å². The SMILES string of the molecule is COc1ccc(-c2nc3cc(C)ccn3c2C(C)C#N)cc1C. The van der Waals surface area contributed by atoms with E-state index >= 15 is 0 Å². The highest BCUT2D eigenvalue weighted by molar-refractivity contribution is 5.69. The zero-order chi connectivity index (χ0) is 16.6. The standard InChI is InChI=1S/C19H19N3O/c1-12-7-8-22-17(9-12)21-18(19(22)14(3)11-20)15-5-6-16(23-4)13(2)10-15/h5-10,14H,1-4H3. The van der Waals surface area contributed by atoms with E-state index in [-0.39, 0.29) is 5.92 Å². The Morgan fingerprint density at radius 1 is 1.22 bits per heavy atom. The predicted octanol–water partition coefficient (Wildman–Crippen LogP) is 4.25. The zero-order valence-corrected chi connectivity index (χ0v) is 13.8. The van der Waals surface area contributed by atoms with Crippen LogP contribution in [0.25, 0.3) is 16.9 Å². The highest BCUT2D eigenvalue weighted by Gasteiger charge is 2.19. The summed E-state index contributed by atoms with van der Waals surface area (Å²) < 4.78 is 7.34. The molecule has 2 aromatic heterocycles. The molecule has 0 aliphatic carbocycles. The van der Waals surface area contributed by atoms with Gasteiger partial charge in [0.05, 0.1) is 30.5 Å². The second-order valence-electron chi connectivity index (χ2n) is 5.81. The monoisotopic (exact) mass is 305 g/mol. The number of rotatable bonds is 3.